The van der Waals surface area contributed by atoms with Crippen molar-refractivity contribution in [2.75, 3.05) is 26.2 Å². The van der Waals surface area contributed by atoms with Gasteiger partial charge in [-0.3, -0.25) is 9.78 Å². The van der Waals surface area contributed by atoms with Crippen LogP contribution in [0.1, 0.15) is 54.7 Å². The van der Waals surface area contributed by atoms with Gasteiger partial charge in [0.1, 0.15) is 5.69 Å². The number of aromatic nitrogens is 1. The third-order valence-corrected chi connectivity index (χ3v) is 6.51. The minimum Gasteiger partial charge on any atom is -0.338 e. The second-order valence-electron chi connectivity index (χ2n) is 8.26. The van der Waals surface area contributed by atoms with Crippen LogP contribution in [0, 0.1) is 5.41 Å². The maximum Gasteiger partial charge on any atom is 0.272 e. The molecule has 4 rings (SSSR count). The first kappa shape index (κ1) is 19.8. The zero-order valence-corrected chi connectivity index (χ0v) is 17.6. The van der Waals surface area contributed by atoms with Crippen LogP contribution < -0.4 is 5.32 Å². The lowest BCUT2D eigenvalue weighted by Crippen LogP contribution is -2.31. The largest absolute Gasteiger partial charge is 0.338 e. The fourth-order valence-corrected chi connectivity index (χ4v) is 4.76. The van der Waals surface area contributed by atoms with Gasteiger partial charge in [0.25, 0.3) is 5.91 Å². The molecular formula is C25H31N3O. The number of carbonyl (C=O) groups excluding carboxylic acids is 1. The smallest absolute Gasteiger partial charge is 0.272 e. The van der Waals surface area contributed by atoms with E-state index in [4.69, 9.17) is 0 Å². The Morgan fingerprint density at radius 2 is 2.00 bits per heavy atom. The minimum absolute atomic E-state index is 0.000418. The zero-order chi connectivity index (χ0) is 20.3. The van der Waals surface area contributed by atoms with Gasteiger partial charge in [-0.25, -0.2) is 0 Å². The van der Waals surface area contributed by atoms with Gasteiger partial charge in [0.15, 0.2) is 0 Å². The van der Waals surface area contributed by atoms with Crippen molar-refractivity contribution in [1.82, 2.24) is 15.2 Å². The van der Waals surface area contributed by atoms with E-state index >= 15 is 0 Å². The van der Waals surface area contributed by atoms with E-state index in [1.54, 1.807) is 4.90 Å². The summed E-state index contributed by atoms with van der Waals surface area (Å²) in [6, 6.07) is 10.5. The number of carbonyl (C=O) groups is 1. The van der Waals surface area contributed by atoms with Crippen molar-refractivity contribution < 1.29 is 4.79 Å². The molecule has 1 aromatic carbocycles. The molecule has 4 nitrogen and oxygen atoms in total. The van der Waals surface area contributed by atoms with Crippen molar-refractivity contribution in [3.63, 3.8) is 0 Å². The summed E-state index contributed by atoms with van der Waals surface area (Å²) in [7, 11) is 0. The predicted molar refractivity (Wildman–Crippen MR) is 119 cm³/mol. The maximum atomic E-state index is 12.5. The highest BCUT2D eigenvalue weighted by molar-refractivity contribution is 5.92. The molecule has 2 aromatic rings. The molecule has 1 aliphatic heterocycles. The molecule has 1 aliphatic carbocycles. The molecule has 4 heteroatoms. The van der Waals surface area contributed by atoms with E-state index in [0.717, 1.165) is 25.1 Å². The number of amides is 1. The lowest BCUT2D eigenvalue weighted by molar-refractivity contribution is 0.0767. The second kappa shape index (κ2) is 8.50. The van der Waals surface area contributed by atoms with Gasteiger partial charge >= 0.3 is 0 Å². The highest BCUT2D eigenvalue weighted by atomic mass is 16.2. The van der Waals surface area contributed by atoms with Crippen molar-refractivity contribution in [2.24, 2.45) is 5.41 Å². The molecule has 0 radical (unpaired) electrons. The Kier molecular flexibility index (Phi) is 5.81. The molecule has 1 saturated heterocycles. The first-order valence-corrected chi connectivity index (χ1v) is 10.9. The molecule has 1 aromatic heterocycles. The Hall–Kier alpha value is -2.46. The number of fused-ring (bicyclic) bond motifs is 1. The Morgan fingerprint density at radius 3 is 2.76 bits per heavy atom. The molecule has 29 heavy (non-hydrogen) atoms. The van der Waals surface area contributed by atoms with Crippen LogP contribution in [0.15, 0.2) is 42.6 Å². The third-order valence-electron chi connectivity index (χ3n) is 6.51. The van der Waals surface area contributed by atoms with Crippen LogP contribution in [-0.4, -0.2) is 42.0 Å². The lowest BCUT2D eigenvalue weighted by atomic mass is 9.71. The Balaban J connectivity index is 1.61. The topological polar surface area (TPSA) is 45.2 Å². The highest BCUT2D eigenvalue weighted by Gasteiger charge is 2.32. The number of benzene rings is 1. The predicted octanol–water partition coefficient (Wildman–Crippen LogP) is 4.56. The van der Waals surface area contributed by atoms with Gasteiger partial charge in [-0.15, -0.1) is 0 Å². The molecule has 152 valence electrons. The summed E-state index contributed by atoms with van der Waals surface area (Å²) >= 11 is 0. The van der Waals surface area contributed by atoms with Gasteiger partial charge in [-0.05, 0) is 80.8 Å². The number of pyridine rings is 1. The van der Waals surface area contributed by atoms with Crippen molar-refractivity contribution >= 4 is 12.0 Å². The van der Waals surface area contributed by atoms with E-state index in [9.17, 15) is 4.79 Å². The molecule has 2 heterocycles. The van der Waals surface area contributed by atoms with Crippen molar-refractivity contribution in [2.45, 2.75) is 39.5 Å². The summed E-state index contributed by atoms with van der Waals surface area (Å²) < 4.78 is 0. The second-order valence-corrected chi connectivity index (χ2v) is 8.26. The number of allylic oxidation sites excluding steroid dienone is 1. The van der Waals surface area contributed by atoms with E-state index in [2.05, 4.69) is 40.7 Å². The van der Waals surface area contributed by atoms with E-state index in [1.165, 1.54) is 36.0 Å². The van der Waals surface area contributed by atoms with Crippen LogP contribution in [0.4, 0.5) is 0 Å². The van der Waals surface area contributed by atoms with Gasteiger partial charge in [0, 0.05) is 24.8 Å². The summed E-state index contributed by atoms with van der Waals surface area (Å²) in [6.45, 7) is 7.63. The van der Waals surface area contributed by atoms with E-state index in [1.807, 2.05) is 32.2 Å². The normalized spacial score (nSPS) is 20.9. The molecule has 1 amide bonds. The van der Waals surface area contributed by atoms with E-state index in [0.29, 0.717) is 24.2 Å². The average molecular weight is 390 g/mol. The number of rotatable bonds is 4. The highest BCUT2D eigenvalue weighted by Crippen LogP contribution is 2.42. The fraction of sp³-hybridized carbons (Fsp3) is 0.440. The summed E-state index contributed by atoms with van der Waals surface area (Å²) in [5.41, 5.74) is 5.82. The van der Waals surface area contributed by atoms with Gasteiger partial charge in [0.05, 0.1) is 0 Å². The van der Waals surface area contributed by atoms with E-state index in [-0.39, 0.29) is 5.91 Å². The lowest BCUT2D eigenvalue weighted by Gasteiger charge is -2.34. The molecule has 0 saturated carbocycles. The van der Waals surface area contributed by atoms with Crippen LogP contribution >= 0.6 is 0 Å². The average Bonchev–Trinajstić information content (AvgIpc) is 2.99. The minimum atomic E-state index is 0.000418. The zero-order valence-electron chi connectivity index (χ0n) is 17.6. The van der Waals surface area contributed by atoms with Crippen LogP contribution in [0.2, 0.25) is 0 Å². The molecule has 1 N–H and O–H groups in total. The monoisotopic (exact) mass is 389 g/mol. The Morgan fingerprint density at radius 1 is 1.14 bits per heavy atom. The van der Waals surface area contributed by atoms with Crippen molar-refractivity contribution in [3.05, 3.63) is 59.4 Å². The maximum absolute atomic E-state index is 12.5. The summed E-state index contributed by atoms with van der Waals surface area (Å²) in [4.78, 5) is 18.8. The van der Waals surface area contributed by atoms with Crippen LogP contribution in [-0.2, 0) is 6.42 Å². The van der Waals surface area contributed by atoms with Gasteiger partial charge in [-0.2, -0.15) is 0 Å². The molecule has 1 fully saturated rings. The first-order valence-electron chi connectivity index (χ1n) is 10.9. The quantitative estimate of drug-likeness (QED) is 0.834. The summed E-state index contributed by atoms with van der Waals surface area (Å²) in [5.74, 6) is 0.000418. The molecule has 1 unspecified atom stereocenters. The number of nitrogens with zero attached hydrogens (tertiary/aromatic N) is 2. The molecule has 0 bridgehead atoms. The molecule has 1 spiro atoms. The van der Waals surface area contributed by atoms with Gasteiger partial charge in [0.2, 0.25) is 0 Å². The van der Waals surface area contributed by atoms with Crippen molar-refractivity contribution in [3.8, 4) is 11.1 Å². The number of nitrogens with one attached hydrogen (secondary N) is 1. The standard InChI is InChI=1S/C25H31N3O/c1-3-28(4-2)24(29)23-10-9-20(18-27-23)21-8-5-7-19-17-25(13-11-22(19)21)12-6-15-26-16-14-25/h5,7-11,13,18,26H,3-4,6,12,14-17H2,1-2H3. The number of hydrogen-bond donors (Lipinski definition) is 1. The van der Waals surface area contributed by atoms with Gasteiger partial charge in [-0.1, -0.05) is 36.4 Å². The Bertz CT molecular complexity index is 889. The molecule has 1 atom stereocenters. The van der Waals surface area contributed by atoms with E-state index < -0.39 is 0 Å². The molecule has 2 aliphatic rings. The van der Waals surface area contributed by atoms with Crippen LogP contribution in [0.25, 0.3) is 17.2 Å². The Labute approximate surface area is 174 Å². The number of hydrogen-bond acceptors (Lipinski definition) is 3. The van der Waals surface area contributed by atoms with Gasteiger partial charge < -0.3 is 10.2 Å². The van der Waals surface area contributed by atoms with Crippen LogP contribution in [0.3, 0.4) is 0 Å². The first-order chi connectivity index (χ1) is 14.2. The van der Waals surface area contributed by atoms with Crippen LogP contribution in [0.5, 0.6) is 0 Å². The summed E-state index contributed by atoms with van der Waals surface area (Å²) in [5, 5.41) is 3.54. The van der Waals surface area contributed by atoms with Crippen molar-refractivity contribution in [1.29, 1.82) is 0 Å². The molecular weight excluding hydrogens is 358 g/mol. The fourth-order valence-electron chi connectivity index (χ4n) is 4.76. The SMILES string of the molecule is CCN(CC)C(=O)c1ccc(-c2cccc3c2C=CC2(CCCNCC2)C3)cn1. The summed E-state index contributed by atoms with van der Waals surface area (Å²) in [6.07, 6.45) is 11.4. The third kappa shape index (κ3) is 3.99.